The van der Waals surface area contributed by atoms with Crippen molar-refractivity contribution in [3.63, 3.8) is 0 Å². The summed E-state index contributed by atoms with van der Waals surface area (Å²) in [4.78, 5) is 24.1. The summed E-state index contributed by atoms with van der Waals surface area (Å²) in [5, 5.41) is 8.90. The molecule has 0 aliphatic carbocycles. The van der Waals surface area contributed by atoms with Crippen molar-refractivity contribution in [3.05, 3.63) is 29.8 Å². The van der Waals surface area contributed by atoms with E-state index in [2.05, 4.69) is 4.72 Å². The molecule has 2 N–H and O–H groups in total. The van der Waals surface area contributed by atoms with Gasteiger partial charge in [0.05, 0.1) is 4.90 Å². The van der Waals surface area contributed by atoms with Gasteiger partial charge in [0.2, 0.25) is 10.0 Å². The minimum atomic E-state index is -3.62. The van der Waals surface area contributed by atoms with Gasteiger partial charge in [0, 0.05) is 18.7 Å². The highest BCUT2D eigenvalue weighted by Gasteiger charge is 2.23. The highest BCUT2D eigenvalue weighted by molar-refractivity contribution is 7.89. The number of sulfonamides is 1. The SMILES string of the molecule is CC(C)NS(=O)(=O)c1ccc(C(=O)N(C)C(C)C(=O)O)cc1. The predicted octanol–water partition coefficient (Wildman–Crippen LogP) is 0.918. The van der Waals surface area contributed by atoms with E-state index in [9.17, 15) is 18.0 Å². The molecule has 0 aromatic heterocycles. The second kappa shape index (κ2) is 6.89. The Hall–Kier alpha value is -1.93. The van der Waals surface area contributed by atoms with E-state index >= 15 is 0 Å². The molecule has 8 heteroatoms. The lowest BCUT2D eigenvalue weighted by atomic mass is 10.2. The number of carboxylic acids is 1. The van der Waals surface area contributed by atoms with Crippen LogP contribution in [-0.4, -0.2) is 49.4 Å². The van der Waals surface area contributed by atoms with Gasteiger partial charge in [0.25, 0.3) is 5.91 Å². The number of carbonyl (C=O) groups excluding carboxylic acids is 1. The van der Waals surface area contributed by atoms with Crippen molar-refractivity contribution in [2.75, 3.05) is 7.05 Å². The number of nitrogens with one attached hydrogen (secondary N) is 1. The van der Waals surface area contributed by atoms with E-state index in [-0.39, 0.29) is 16.5 Å². The standard InChI is InChI=1S/C14H20N2O5S/c1-9(2)15-22(20,21)12-7-5-11(6-8-12)13(17)16(4)10(3)14(18)19/h5-10,15H,1-4H3,(H,18,19). The zero-order valence-electron chi connectivity index (χ0n) is 12.9. The van der Waals surface area contributed by atoms with Crippen LogP contribution in [0.25, 0.3) is 0 Å². The zero-order chi connectivity index (χ0) is 17.1. The first-order valence-electron chi connectivity index (χ1n) is 6.68. The van der Waals surface area contributed by atoms with E-state index in [1.807, 2.05) is 0 Å². The lowest BCUT2D eigenvalue weighted by Gasteiger charge is -2.21. The maximum Gasteiger partial charge on any atom is 0.326 e. The summed E-state index contributed by atoms with van der Waals surface area (Å²) < 4.78 is 26.4. The van der Waals surface area contributed by atoms with Gasteiger partial charge in [0.1, 0.15) is 6.04 Å². The summed E-state index contributed by atoms with van der Waals surface area (Å²) >= 11 is 0. The number of benzene rings is 1. The van der Waals surface area contributed by atoms with Crippen molar-refractivity contribution in [2.24, 2.45) is 0 Å². The molecule has 122 valence electrons. The number of carbonyl (C=O) groups is 2. The first kappa shape index (κ1) is 18.1. The third-order valence-electron chi connectivity index (χ3n) is 3.06. The molecule has 1 aromatic carbocycles. The smallest absolute Gasteiger partial charge is 0.326 e. The molecule has 1 atom stereocenters. The Labute approximate surface area is 130 Å². The number of carboxylic acid groups (broad SMARTS) is 1. The van der Waals surface area contributed by atoms with Crippen LogP contribution in [0.1, 0.15) is 31.1 Å². The fraction of sp³-hybridized carbons (Fsp3) is 0.429. The lowest BCUT2D eigenvalue weighted by molar-refractivity contribution is -0.141. The second-order valence-corrected chi connectivity index (χ2v) is 6.94. The fourth-order valence-corrected chi connectivity index (χ4v) is 2.95. The van der Waals surface area contributed by atoms with Gasteiger partial charge in [-0.25, -0.2) is 17.9 Å². The number of hydrogen-bond donors (Lipinski definition) is 2. The average molecular weight is 328 g/mol. The van der Waals surface area contributed by atoms with Crippen LogP contribution < -0.4 is 4.72 Å². The van der Waals surface area contributed by atoms with Crippen LogP contribution in [-0.2, 0) is 14.8 Å². The number of likely N-dealkylation sites (N-methyl/N-ethyl adjacent to an activating group) is 1. The molecule has 1 rings (SSSR count). The van der Waals surface area contributed by atoms with E-state index in [4.69, 9.17) is 5.11 Å². The summed E-state index contributed by atoms with van der Waals surface area (Å²) in [7, 11) is -2.24. The van der Waals surface area contributed by atoms with Gasteiger partial charge in [0.15, 0.2) is 0 Å². The summed E-state index contributed by atoms with van der Waals surface area (Å²) in [6.45, 7) is 4.81. The quantitative estimate of drug-likeness (QED) is 0.808. The Morgan fingerprint density at radius 3 is 2.05 bits per heavy atom. The summed E-state index contributed by atoms with van der Waals surface area (Å²) in [5.41, 5.74) is 0.221. The number of amides is 1. The van der Waals surface area contributed by atoms with Crippen LogP contribution in [0.15, 0.2) is 29.2 Å². The van der Waals surface area contributed by atoms with Crippen LogP contribution in [0.4, 0.5) is 0 Å². The molecule has 7 nitrogen and oxygen atoms in total. The number of aliphatic carboxylic acids is 1. The van der Waals surface area contributed by atoms with Crippen LogP contribution in [0.3, 0.4) is 0 Å². The van der Waals surface area contributed by atoms with E-state index in [1.54, 1.807) is 13.8 Å². The van der Waals surface area contributed by atoms with Gasteiger partial charge in [-0.1, -0.05) is 0 Å². The molecule has 0 fully saturated rings. The highest BCUT2D eigenvalue weighted by atomic mass is 32.2. The van der Waals surface area contributed by atoms with E-state index in [0.29, 0.717) is 0 Å². The van der Waals surface area contributed by atoms with Gasteiger partial charge in [-0.3, -0.25) is 4.79 Å². The highest BCUT2D eigenvalue weighted by Crippen LogP contribution is 2.13. The maximum absolute atomic E-state index is 12.1. The van der Waals surface area contributed by atoms with Crippen molar-refractivity contribution in [1.82, 2.24) is 9.62 Å². The molecule has 0 aliphatic rings. The summed E-state index contributed by atoms with van der Waals surface area (Å²) in [5.74, 6) is -1.60. The predicted molar refractivity (Wildman–Crippen MR) is 81.1 cm³/mol. The van der Waals surface area contributed by atoms with Crippen LogP contribution >= 0.6 is 0 Å². The Balaban J connectivity index is 2.98. The van der Waals surface area contributed by atoms with Gasteiger partial charge < -0.3 is 10.0 Å². The topological polar surface area (TPSA) is 104 Å². The Bertz CT molecular complexity index is 652. The van der Waals surface area contributed by atoms with Gasteiger partial charge in [-0.05, 0) is 45.0 Å². The molecule has 0 saturated carbocycles. The minimum Gasteiger partial charge on any atom is -0.480 e. The van der Waals surface area contributed by atoms with Gasteiger partial charge in [-0.15, -0.1) is 0 Å². The number of nitrogens with zero attached hydrogens (tertiary/aromatic N) is 1. The van der Waals surface area contributed by atoms with Crippen LogP contribution in [0, 0.1) is 0 Å². The average Bonchev–Trinajstić information content (AvgIpc) is 2.43. The van der Waals surface area contributed by atoms with E-state index < -0.39 is 27.9 Å². The molecule has 0 saturated heterocycles. The normalized spacial score (nSPS) is 13.0. The molecular formula is C14H20N2O5S. The lowest BCUT2D eigenvalue weighted by Crippen LogP contribution is -2.40. The summed E-state index contributed by atoms with van der Waals surface area (Å²) in [6.07, 6.45) is 0. The van der Waals surface area contributed by atoms with Crippen molar-refractivity contribution in [1.29, 1.82) is 0 Å². The Morgan fingerprint density at radius 2 is 1.64 bits per heavy atom. The van der Waals surface area contributed by atoms with Crippen molar-refractivity contribution >= 4 is 21.9 Å². The minimum absolute atomic E-state index is 0.0479. The monoisotopic (exact) mass is 328 g/mol. The molecular weight excluding hydrogens is 308 g/mol. The zero-order valence-corrected chi connectivity index (χ0v) is 13.7. The Morgan fingerprint density at radius 1 is 1.14 bits per heavy atom. The molecule has 0 radical (unpaired) electrons. The molecule has 0 spiro atoms. The molecule has 0 aliphatic heterocycles. The van der Waals surface area contributed by atoms with Crippen LogP contribution in [0.2, 0.25) is 0 Å². The molecule has 0 bridgehead atoms. The molecule has 0 heterocycles. The number of hydrogen-bond acceptors (Lipinski definition) is 4. The fourth-order valence-electron chi connectivity index (χ4n) is 1.70. The second-order valence-electron chi connectivity index (χ2n) is 5.23. The van der Waals surface area contributed by atoms with E-state index in [0.717, 1.165) is 4.90 Å². The van der Waals surface area contributed by atoms with Crippen molar-refractivity contribution in [3.8, 4) is 0 Å². The molecule has 1 unspecified atom stereocenters. The van der Waals surface area contributed by atoms with Gasteiger partial charge in [-0.2, -0.15) is 0 Å². The first-order chi connectivity index (χ1) is 10.1. The van der Waals surface area contributed by atoms with E-state index in [1.165, 1.54) is 38.2 Å². The maximum atomic E-state index is 12.1. The van der Waals surface area contributed by atoms with Crippen LogP contribution in [0.5, 0.6) is 0 Å². The van der Waals surface area contributed by atoms with Crippen molar-refractivity contribution < 1.29 is 23.1 Å². The Kier molecular flexibility index (Phi) is 5.67. The molecule has 1 aromatic rings. The number of rotatable bonds is 6. The first-order valence-corrected chi connectivity index (χ1v) is 8.17. The molecule has 22 heavy (non-hydrogen) atoms. The van der Waals surface area contributed by atoms with Gasteiger partial charge >= 0.3 is 5.97 Å². The van der Waals surface area contributed by atoms with Crippen molar-refractivity contribution in [2.45, 2.75) is 37.8 Å². The third-order valence-corrected chi connectivity index (χ3v) is 4.74. The third kappa shape index (κ3) is 4.28. The largest absolute Gasteiger partial charge is 0.480 e. The molecule has 1 amide bonds. The summed E-state index contributed by atoms with van der Waals surface area (Å²) in [6, 6.07) is 4.14.